The van der Waals surface area contributed by atoms with Crippen molar-refractivity contribution in [1.29, 1.82) is 0 Å². The van der Waals surface area contributed by atoms with Gasteiger partial charge in [0, 0.05) is 43.8 Å². The zero-order chi connectivity index (χ0) is 20.0. The van der Waals surface area contributed by atoms with Gasteiger partial charge in [-0.25, -0.2) is 4.98 Å². The van der Waals surface area contributed by atoms with Crippen molar-refractivity contribution in [2.75, 3.05) is 31.6 Å². The molecule has 5 heteroatoms. The van der Waals surface area contributed by atoms with E-state index in [2.05, 4.69) is 41.3 Å². The lowest BCUT2D eigenvalue weighted by Crippen LogP contribution is -2.34. The molecule has 1 aromatic heterocycles. The molecule has 2 aliphatic heterocycles. The topological polar surface area (TPSA) is 45.7 Å². The molecule has 2 fully saturated rings. The lowest BCUT2D eigenvalue weighted by Gasteiger charge is -2.29. The number of fused-ring (bicyclic) bond motifs is 2. The first kappa shape index (κ1) is 18.0. The van der Waals surface area contributed by atoms with E-state index in [1.807, 2.05) is 29.2 Å². The molecule has 0 bridgehead atoms. The summed E-state index contributed by atoms with van der Waals surface area (Å²) in [4.78, 5) is 21.7. The summed E-state index contributed by atoms with van der Waals surface area (Å²) >= 11 is 0. The van der Waals surface area contributed by atoms with Gasteiger partial charge in [-0.1, -0.05) is 30.3 Å². The average Bonchev–Trinajstić information content (AvgIpc) is 3.32. The number of carbonyl (C=O) groups is 1. The summed E-state index contributed by atoms with van der Waals surface area (Å²) in [5, 5.41) is 1.16. The fourth-order valence-electron chi connectivity index (χ4n) is 5.02. The normalized spacial score (nSPS) is 23.4. The number of amides is 1. The summed E-state index contributed by atoms with van der Waals surface area (Å²) < 4.78 is 5.31. The number of rotatable bonds is 3. The van der Waals surface area contributed by atoms with Crippen LogP contribution in [0.3, 0.4) is 0 Å². The minimum Gasteiger partial charge on any atom is -0.497 e. The third-order valence-electron chi connectivity index (χ3n) is 6.43. The highest BCUT2D eigenvalue weighted by atomic mass is 16.5. The Morgan fingerprint density at radius 1 is 1.00 bits per heavy atom. The molecule has 0 unspecified atom stereocenters. The molecule has 0 radical (unpaired) electrons. The third-order valence-corrected chi connectivity index (χ3v) is 6.43. The van der Waals surface area contributed by atoms with Crippen LogP contribution in [0.4, 0.5) is 5.82 Å². The zero-order valence-corrected chi connectivity index (χ0v) is 16.8. The molecule has 1 amide bonds. The fraction of sp³-hybridized carbons (Fsp3) is 0.333. The fourth-order valence-corrected chi connectivity index (χ4v) is 5.02. The number of aromatic nitrogens is 1. The van der Waals surface area contributed by atoms with Gasteiger partial charge >= 0.3 is 0 Å². The average molecular weight is 387 g/mol. The van der Waals surface area contributed by atoms with Crippen LogP contribution in [0.15, 0.2) is 60.7 Å². The van der Waals surface area contributed by atoms with Gasteiger partial charge in [0.2, 0.25) is 5.91 Å². The Balaban J connectivity index is 1.44. The smallest absolute Gasteiger partial charge is 0.219 e. The molecule has 5 rings (SSSR count). The molecule has 0 saturated carbocycles. The number of para-hydroxylation sites is 1. The maximum Gasteiger partial charge on any atom is 0.219 e. The molecular formula is C24H25N3O2. The summed E-state index contributed by atoms with van der Waals surface area (Å²) in [6, 6.07) is 20.8. The summed E-state index contributed by atoms with van der Waals surface area (Å²) in [6.45, 7) is 4.34. The van der Waals surface area contributed by atoms with E-state index in [0.717, 1.165) is 42.1 Å². The van der Waals surface area contributed by atoms with E-state index in [0.29, 0.717) is 11.8 Å². The van der Waals surface area contributed by atoms with Crippen LogP contribution in [0.25, 0.3) is 10.9 Å². The Hall–Kier alpha value is -3.08. The Morgan fingerprint density at radius 2 is 1.79 bits per heavy atom. The van der Waals surface area contributed by atoms with E-state index < -0.39 is 0 Å². The highest BCUT2D eigenvalue weighted by molar-refractivity contribution is 5.80. The van der Waals surface area contributed by atoms with Gasteiger partial charge in [0.15, 0.2) is 0 Å². The molecule has 0 aliphatic carbocycles. The van der Waals surface area contributed by atoms with Gasteiger partial charge in [0.1, 0.15) is 11.6 Å². The van der Waals surface area contributed by atoms with Crippen LogP contribution in [0.1, 0.15) is 18.5 Å². The lowest BCUT2D eigenvalue weighted by atomic mass is 9.89. The predicted molar refractivity (Wildman–Crippen MR) is 114 cm³/mol. The van der Waals surface area contributed by atoms with Crippen LogP contribution in [-0.2, 0) is 4.79 Å². The van der Waals surface area contributed by atoms with Gasteiger partial charge in [0.05, 0.1) is 18.7 Å². The molecular weight excluding hydrogens is 362 g/mol. The van der Waals surface area contributed by atoms with Gasteiger partial charge in [0.25, 0.3) is 0 Å². The number of methoxy groups -OCH3 is 1. The monoisotopic (exact) mass is 387 g/mol. The van der Waals surface area contributed by atoms with Crippen LogP contribution >= 0.6 is 0 Å². The highest BCUT2D eigenvalue weighted by Gasteiger charge is 2.48. The lowest BCUT2D eigenvalue weighted by molar-refractivity contribution is -0.130. The van der Waals surface area contributed by atoms with Crippen molar-refractivity contribution in [2.24, 2.45) is 11.8 Å². The molecule has 3 heterocycles. The van der Waals surface area contributed by atoms with E-state index in [1.165, 1.54) is 5.56 Å². The predicted octanol–water partition coefficient (Wildman–Crippen LogP) is 3.90. The van der Waals surface area contributed by atoms with Crippen molar-refractivity contribution in [3.8, 4) is 5.75 Å². The Bertz CT molecular complexity index is 1050. The van der Waals surface area contributed by atoms with Crippen molar-refractivity contribution < 1.29 is 9.53 Å². The second kappa shape index (κ2) is 7.07. The van der Waals surface area contributed by atoms with Gasteiger partial charge in [-0.15, -0.1) is 0 Å². The number of hydrogen-bond acceptors (Lipinski definition) is 4. The molecule has 0 N–H and O–H groups in total. The van der Waals surface area contributed by atoms with Crippen LogP contribution in [0, 0.1) is 11.8 Å². The van der Waals surface area contributed by atoms with Gasteiger partial charge < -0.3 is 14.5 Å². The van der Waals surface area contributed by atoms with Crippen molar-refractivity contribution in [2.45, 2.75) is 13.0 Å². The number of ether oxygens (including phenoxy) is 1. The number of likely N-dealkylation sites (tertiary alicyclic amines) is 1. The van der Waals surface area contributed by atoms with E-state index >= 15 is 0 Å². The van der Waals surface area contributed by atoms with E-state index in [-0.39, 0.29) is 11.9 Å². The van der Waals surface area contributed by atoms with Gasteiger partial charge in [-0.2, -0.15) is 0 Å². The third kappa shape index (κ3) is 3.11. The van der Waals surface area contributed by atoms with Crippen LogP contribution in [0.5, 0.6) is 5.75 Å². The largest absolute Gasteiger partial charge is 0.497 e. The number of benzene rings is 2. The molecule has 3 aromatic rings. The minimum absolute atomic E-state index is 0.105. The first-order valence-corrected chi connectivity index (χ1v) is 10.2. The maximum atomic E-state index is 12.4. The van der Waals surface area contributed by atoms with Crippen molar-refractivity contribution in [1.82, 2.24) is 9.88 Å². The van der Waals surface area contributed by atoms with Crippen LogP contribution in [-0.4, -0.2) is 42.5 Å². The number of hydrogen-bond donors (Lipinski definition) is 0. The molecule has 0 spiro atoms. The summed E-state index contributed by atoms with van der Waals surface area (Å²) in [5.41, 5.74) is 2.21. The van der Waals surface area contributed by atoms with Crippen LogP contribution < -0.4 is 9.64 Å². The summed E-state index contributed by atoms with van der Waals surface area (Å²) in [5.74, 6) is 2.88. The number of pyridine rings is 1. The number of anilines is 1. The maximum absolute atomic E-state index is 12.4. The molecule has 3 atom stereocenters. The highest BCUT2D eigenvalue weighted by Crippen LogP contribution is 2.46. The Labute approximate surface area is 170 Å². The Morgan fingerprint density at radius 3 is 2.55 bits per heavy atom. The molecule has 2 aliphatic rings. The van der Waals surface area contributed by atoms with Gasteiger partial charge in [-0.3, -0.25) is 4.79 Å². The van der Waals surface area contributed by atoms with E-state index in [1.54, 1.807) is 14.0 Å². The Kier molecular flexibility index (Phi) is 4.38. The van der Waals surface area contributed by atoms with E-state index in [4.69, 9.17) is 9.72 Å². The van der Waals surface area contributed by atoms with Crippen molar-refractivity contribution >= 4 is 22.6 Å². The summed E-state index contributed by atoms with van der Waals surface area (Å²) in [6.07, 6.45) is 0. The minimum atomic E-state index is 0.105. The first-order chi connectivity index (χ1) is 14.1. The van der Waals surface area contributed by atoms with Crippen molar-refractivity contribution in [3.05, 3.63) is 66.2 Å². The number of carbonyl (C=O) groups excluding carboxylic acids is 1. The SMILES string of the molecule is COc1ccc([C@H]2[C@@H]3CN(c4ccc5ccccc5n4)C[C@@H]3CN2C(C)=O)cc1. The van der Waals surface area contributed by atoms with Crippen molar-refractivity contribution in [3.63, 3.8) is 0 Å². The zero-order valence-electron chi connectivity index (χ0n) is 16.8. The number of nitrogens with zero attached hydrogens (tertiary/aromatic N) is 3. The molecule has 5 nitrogen and oxygen atoms in total. The molecule has 148 valence electrons. The quantitative estimate of drug-likeness (QED) is 0.684. The molecule has 2 aromatic carbocycles. The van der Waals surface area contributed by atoms with E-state index in [9.17, 15) is 4.79 Å². The second-order valence-corrected chi connectivity index (χ2v) is 8.08. The summed E-state index contributed by atoms with van der Waals surface area (Å²) in [7, 11) is 1.67. The first-order valence-electron chi connectivity index (χ1n) is 10.2. The second-order valence-electron chi connectivity index (χ2n) is 8.08. The molecule has 2 saturated heterocycles. The van der Waals surface area contributed by atoms with Gasteiger partial charge in [-0.05, 0) is 35.9 Å². The van der Waals surface area contributed by atoms with Crippen LogP contribution in [0.2, 0.25) is 0 Å². The standard InChI is InChI=1S/C24H25N3O2/c1-16(28)27-14-19-13-26(23-12-9-17-5-3-4-6-22(17)25-23)15-21(19)24(27)18-7-10-20(29-2)11-8-18/h3-12,19,21,24H,13-15H2,1-2H3/t19-,21-,24+/m1/s1. The molecule has 29 heavy (non-hydrogen) atoms.